The van der Waals surface area contributed by atoms with Crippen molar-refractivity contribution in [2.75, 3.05) is 18.4 Å². The first-order valence-electron chi connectivity index (χ1n) is 8.18. The molecule has 1 aliphatic carbocycles. The fourth-order valence-electron chi connectivity index (χ4n) is 3.15. The Balaban J connectivity index is 1.66. The molecule has 0 spiro atoms. The molecular formula is C16H21N3O2S3. The molecule has 1 aliphatic heterocycles. The van der Waals surface area contributed by atoms with Gasteiger partial charge in [0.05, 0.1) is 10.8 Å². The van der Waals surface area contributed by atoms with Gasteiger partial charge < -0.3 is 16.0 Å². The summed E-state index contributed by atoms with van der Waals surface area (Å²) >= 11 is 8.32. The predicted molar refractivity (Wildman–Crippen MR) is 104 cm³/mol. The summed E-state index contributed by atoms with van der Waals surface area (Å²) in [5, 5.41) is 3.18. The number of primary amides is 1. The fourth-order valence-corrected chi connectivity index (χ4v) is 5.86. The molecule has 0 aromatic carbocycles. The second-order valence-corrected chi connectivity index (χ2v) is 9.21. The zero-order valence-corrected chi connectivity index (χ0v) is 16.0. The lowest BCUT2D eigenvalue weighted by Gasteiger charge is -2.20. The Kier molecular flexibility index (Phi) is 5.46. The van der Waals surface area contributed by atoms with Crippen LogP contribution < -0.4 is 11.1 Å². The van der Waals surface area contributed by atoms with Crippen molar-refractivity contribution >= 4 is 56.5 Å². The molecule has 2 heterocycles. The lowest BCUT2D eigenvalue weighted by molar-refractivity contribution is -0.115. The standard InChI is InChI=1S/C16H21N3O2S3/c1-9(23-16(22)19-7-2-3-8-19)14(21)18-15-12(13(17)20)10-5-4-6-11(10)24-15/h9H,2-8H2,1H3,(H2,17,20)(H,18,21)/t9-/m1/s1. The van der Waals surface area contributed by atoms with E-state index in [4.69, 9.17) is 18.0 Å². The number of carbonyl (C=O) groups is 2. The highest BCUT2D eigenvalue weighted by molar-refractivity contribution is 8.23. The predicted octanol–water partition coefficient (Wildman–Crippen LogP) is 2.78. The van der Waals surface area contributed by atoms with Crippen LogP contribution in [0.4, 0.5) is 5.00 Å². The number of thiophene rings is 1. The van der Waals surface area contributed by atoms with E-state index in [1.807, 2.05) is 6.92 Å². The number of likely N-dealkylation sites (tertiary alicyclic amines) is 1. The van der Waals surface area contributed by atoms with Crippen LogP contribution >= 0.6 is 35.3 Å². The third-order valence-electron chi connectivity index (χ3n) is 4.42. The van der Waals surface area contributed by atoms with Crippen LogP contribution in [0.3, 0.4) is 0 Å². The molecule has 2 amide bonds. The van der Waals surface area contributed by atoms with Gasteiger partial charge in [-0.25, -0.2) is 0 Å². The smallest absolute Gasteiger partial charge is 0.251 e. The molecule has 2 aliphatic rings. The molecular weight excluding hydrogens is 362 g/mol. The van der Waals surface area contributed by atoms with Gasteiger partial charge in [-0.15, -0.1) is 11.3 Å². The average molecular weight is 384 g/mol. The summed E-state index contributed by atoms with van der Waals surface area (Å²) in [5.74, 6) is -0.596. The van der Waals surface area contributed by atoms with E-state index in [0.717, 1.165) is 55.1 Å². The molecule has 1 aromatic rings. The zero-order valence-electron chi connectivity index (χ0n) is 13.6. The number of nitrogens with zero attached hydrogens (tertiary/aromatic N) is 1. The van der Waals surface area contributed by atoms with E-state index in [2.05, 4.69) is 10.2 Å². The second kappa shape index (κ2) is 7.41. The summed E-state index contributed by atoms with van der Waals surface area (Å²) in [6.07, 6.45) is 5.18. The lowest BCUT2D eigenvalue weighted by Crippen LogP contribution is -2.29. The number of anilines is 1. The second-order valence-electron chi connectivity index (χ2n) is 6.14. The van der Waals surface area contributed by atoms with Gasteiger partial charge in [-0.05, 0) is 44.6 Å². The molecule has 5 nitrogen and oxygen atoms in total. The first-order chi connectivity index (χ1) is 11.5. The molecule has 1 fully saturated rings. The van der Waals surface area contributed by atoms with Crippen molar-refractivity contribution in [3.05, 3.63) is 16.0 Å². The van der Waals surface area contributed by atoms with Gasteiger partial charge in [-0.1, -0.05) is 24.0 Å². The van der Waals surface area contributed by atoms with E-state index in [-0.39, 0.29) is 11.2 Å². The number of aryl methyl sites for hydroxylation is 1. The number of hydrogen-bond acceptors (Lipinski definition) is 5. The zero-order chi connectivity index (χ0) is 17.3. The number of amides is 2. The molecule has 3 rings (SSSR count). The molecule has 130 valence electrons. The molecule has 1 saturated heterocycles. The van der Waals surface area contributed by atoms with Gasteiger partial charge in [-0.2, -0.15) is 0 Å². The summed E-state index contributed by atoms with van der Waals surface area (Å²) < 4.78 is 0.777. The Morgan fingerprint density at radius 1 is 1.29 bits per heavy atom. The van der Waals surface area contributed by atoms with Crippen molar-refractivity contribution in [3.8, 4) is 0 Å². The number of rotatable bonds is 4. The number of fused-ring (bicyclic) bond motifs is 1. The topological polar surface area (TPSA) is 75.4 Å². The van der Waals surface area contributed by atoms with Crippen molar-refractivity contribution in [1.82, 2.24) is 4.90 Å². The van der Waals surface area contributed by atoms with Crippen molar-refractivity contribution in [2.45, 2.75) is 44.3 Å². The normalized spacial score (nSPS) is 17.6. The van der Waals surface area contributed by atoms with E-state index in [1.165, 1.54) is 28.0 Å². The summed E-state index contributed by atoms with van der Waals surface area (Å²) in [5.41, 5.74) is 7.06. The van der Waals surface area contributed by atoms with Gasteiger partial charge in [0.25, 0.3) is 5.91 Å². The lowest BCUT2D eigenvalue weighted by atomic mass is 10.1. The first kappa shape index (κ1) is 17.7. The summed E-state index contributed by atoms with van der Waals surface area (Å²) in [6, 6.07) is 0. The molecule has 1 atom stereocenters. The minimum atomic E-state index is -0.461. The van der Waals surface area contributed by atoms with Gasteiger partial charge in [0.2, 0.25) is 5.91 Å². The van der Waals surface area contributed by atoms with E-state index in [9.17, 15) is 9.59 Å². The van der Waals surface area contributed by atoms with Crippen LogP contribution in [-0.2, 0) is 17.6 Å². The molecule has 0 saturated carbocycles. The van der Waals surface area contributed by atoms with Gasteiger partial charge in [0.15, 0.2) is 0 Å². The van der Waals surface area contributed by atoms with Crippen molar-refractivity contribution < 1.29 is 9.59 Å². The highest BCUT2D eigenvalue weighted by Crippen LogP contribution is 2.39. The van der Waals surface area contributed by atoms with E-state index in [0.29, 0.717) is 10.6 Å². The van der Waals surface area contributed by atoms with Crippen LogP contribution in [-0.4, -0.2) is 39.4 Å². The van der Waals surface area contributed by atoms with Crippen molar-refractivity contribution in [3.63, 3.8) is 0 Å². The Morgan fingerprint density at radius 3 is 2.67 bits per heavy atom. The highest BCUT2D eigenvalue weighted by Gasteiger charge is 2.28. The Hall–Kier alpha value is -1.12. The van der Waals surface area contributed by atoms with Crippen molar-refractivity contribution in [1.29, 1.82) is 0 Å². The van der Waals surface area contributed by atoms with Crippen LogP contribution in [0.1, 0.15) is 47.0 Å². The third kappa shape index (κ3) is 3.60. The van der Waals surface area contributed by atoms with Crippen LogP contribution in [0.2, 0.25) is 0 Å². The number of hydrogen-bond donors (Lipinski definition) is 2. The van der Waals surface area contributed by atoms with Crippen LogP contribution in [0.25, 0.3) is 0 Å². The number of nitrogens with one attached hydrogen (secondary N) is 1. The highest BCUT2D eigenvalue weighted by atomic mass is 32.2. The number of carbonyl (C=O) groups excluding carboxylic acids is 2. The number of nitrogens with two attached hydrogens (primary N) is 1. The molecule has 3 N–H and O–H groups in total. The maximum Gasteiger partial charge on any atom is 0.251 e. The monoisotopic (exact) mass is 383 g/mol. The largest absolute Gasteiger partial charge is 0.365 e. The van der Waals surface area contributed by atoms with Crippen molar-refractivity contribution in [2.24, 2.45) is 5.73 Å². The molecule has 0 bridgehead atoms. The van der Waals surface area contributed by atoms with Gasteiger partial charge >= 0.3 is 0 Å². The summed E-state index contributed by atoms with van der Waals surface area (Å²) in [4.78, 5) is 27.6. The van der Waals surface area contributed by atoms with Crippen LogP contribution in [0.5, 0.6) is 0 Å². The molecule has 0 radical (unpaired) electrons. The quantitative estimate of drug-likeness (QED) is 0.782. The maximum atomic E-state index is 12.5. The number of thioether (sulfide) groups is 1. The summed E-state index contributed by atoms with van der Waals surface area (Å²) in [6.45, 7) is 3.79. The van der Waals surface area contributed by atoms with Gasteiger partial charge in [0, 0.05) is 18.0 Å². The first-order valence-corrected chi connectivity index (χ1v) is 10.3. The minimum Gasteiger partial charge on any atom is -0.365 e. The van der Waals surface area contributed by atoms with Crippen LogP contribution in [0.15, 0.2) is 0 Å². The van der Waals surface area contributed by atoms with Gasteiger partial charge in [-0.3, -0.25) is 9.59 Å². The Morgan fingerprint density at radius 2 is 2.00 bits per heavy atom. The van der Waals surface area contributed by atoms with E-state index in [1.54, 1.807) is 0 Å². The minimum absolute atomic E-state index is 0.135. The van der Waals surface area contributed by atoms with Crippen LogP contribution in [0, 0.1) is 0 Å². The molecule has 8 heteroatoms. The molecule has 24 heavy (non-hydrogen) atoms. The molecule has 1 aromatic heterocycles. The summed E-state index contributed by atoms with van der Waals surface area (Å²) in [7, 11) is 0. The van der Waals surface area contributed by atoms with E-state index >= 15 is 0 Å². The maximum absolute atomic E-state index is 12.5. The molecule has 0 unspecified atom stereocenters. The Labute approximate surface area is 155 Å². The Bertz CT molecular complexity index is 680. The van der Waals surface area contributed by atoms with E-state index < -0.39 is 5.91 Å². The SMILES string of the molecule is C[C@@H](SC(=S)N1CCCC1)C(=O)Nc1sc2c(c1C(N)=O)CCC2. The van der Waals surface area contributed by atoms with Gasteiger partial charge in [0.1, 0.15) is 9.32 Å². The average Bonchev–Trinajstić information content (AvgIpc) is 3.22. The third-order valence-corrected chi connectivity index (χ3v) is 7.20. The number of thiocarbonyl (C=S) groups is 1. The fraction of sp³-hybridized carbons (Fsp3) is 0.562.